The van der Waals surface area contributed by atoms with E-state index >= 15 is 0 Å². The molecular weight excluding hydrogens is 665 g/mol. The summed E-state index contributed by atoms with van der Waals surface area (Å²) in [5, 5.41) is 10.9. The molecule has 0 saturated heterocycles. The highest BCUT2D eigenvalue weighted by molar-refractivity contribution is 8.01. The molecule has 6 atom stereocenters. The highest BCUT2D eigenvalue weighted by Crippen LogP contribution is 2.37. The molecule has 4 aromatic carbocycles. The first-order valence-corrected chi connectivity index (χ1v) is 21.1. The fourth-order valence-corrected chi connectivity index (χ4v) is 8.77. The van der Waals surface area contributed by atoms with Crippen molar-refractivity contribution in [1.82, 2.24) is 9.80 Å². The Bertz CT molecular complexity index is 1740. The van der Waals surface area contributed by atoms with Crippen molar-refractivity contribution < 1.29 is 18.9 Å². The van der Waals surface area contributed by atoms with Gasteiger partial charge in [-0.05, 0) is 69.3 Å². The zero-order chi connectivity index (χ0) is 37.1. The van der Waals surface area contributed by atoms with Crippen LogP contribution in [0, 0.1) is 23.7 Å². The Labute approximate surface area is 311 Å². The molecule has 0 aromatic heterocycles. The lowest BCUT2D eigenvalue weighted by Crippen LogP contribution is -2.33. The van der Waals surface area contributed by atoms with E-state index in [1.807, 2.05) is 24.3 Å². The summed E-state index contributed by atoms with van der Waals surface area (Å²) in [5.41, 5.74) is 5.13. The molecule has 0 aliphatic heterocycles. The minimum Gasteiger partial charge on any atom is -0.481 e. The fourth-order valence-electron chi connectivity index (χ4n) is 8.03. The van der Waals surface area contributed by atoms with Crippen LogP contribution in [0.5, 0.6) is 0 Å². The molecule has 0 spiro atoms. The molecule has 2 aliphatic rings. The molecular formula is C45H56N2O4S. The summed E-state index contributed by atoms with van der Waals surface area (Å²) in [6.07, 6.45) is 6.81. The van der Waals surface area contributed by atoms with Gasteiger partial charge >= 0.3 is 5.97 Å². The Hall–Kier alpha value is -4.04. The molecule has 7 heteroatoms. The summed E-state index contributed by atoms with van der Waals surface area (Å²) < 4.78 is 12.1. The first kappa shape index (κ1) is 39.2. The molecule has 6 rings (SSSR count). The highest BCUT2D eigenvalue weighted by Gasteiger charge is 2.39. The summed E-state index contributed by atoms with van der Waals surface area (Å²) in [4.78, 5) is 29.1. The molecule has 4 aromatic rings. The number of carboxylic acid groups (broad SMARTS) is 1. The molecule has 0 heterocycles. The van der Waals surface area contributed by atoms with E-state index in [-0.39, 0.29) is 23.5 Å². The summed E-state index contributed by atoms with van der Waals surface area (Å²) in [6.45, 7) is 7.69. The van der Waals surface area contributed by atoms with Crippen LogP contribution in [0.1, 0.15) is 61.8 Å². The van der Waals surface area contributed by atoms with Gasteiger partial charge in [-0.1, -0.05) is 135 Å². The Balaban J connectivity index is 0.000000203. The maximum absolute atomic E-state index is 12.7. The molecule has 0 amide bonds. The van der Waals surface area contributed by atoms with Gasteiger partial charge in [-0.25, -0.2) is 0 Å². The minimum absolute atomic E-state index is 0.0280. The van der Waals surface area contributed by atoms with Crippen LogP contribution in [0.4, 0.5) is 0 Å². The number of nitrogens with zero attached hydrogens (tertiary/aromatic N) is 2. The van der Waals surface area contributed by atoms with Crippen molar-refractivity contribution in [2.75, 3.05) is 12.5 Å². The van der Waals surface area contributed by atoms with Crippen LogP contribution in [0.3, 0.4) is 0 Å². The summed E-state index contributed by atoms with van der Waals surface area (Å²) in [5.74, 6) is -0.288. The van der Waals surface area contributed by atoms with Gasteiger partial charge in [-0.2, -0.15) is 0 Å². The van der Waals surface area contributed by atoms with Gasteiger partial charge in [-0.15, -0.1) is 0 Å². The van der Waals surface area contributed by atoms with E-state index in [0.29, 0.717) is 18.0 Å². The van der Waals surface area contributed by atoms with Crippen molar-refractivity contribution in [3.05, 3.63) is 144 Å². The number of hydrogen-bond acceptors (Lipinski definition) is 5. The third-order valence-corrected chi connectivity index (χ3v) is 11.5. The number of carbonyl (C=O) groups excluding carboxylic acids is 1. The number of rotatable bonds is 13. The second kappa shape index (κ2) is 18.6. The molecule has 2 aliphatic carbocycles. The minimum atomic E-state index is -2.16. The summed E-state index contributed by atoms with van der Waals surface area (Å²) >= 11 is 0. The monoisotopic (exact) mass is 720 g/mol. The number of carbonyl (C=O) groups is 2. The Morgan fingerprint density at radius 2 is 0.885 bits per heavy atom. The van der Waals surface area contributed by atoms with E-state index in [2.05, 4.69) is 121 Å². The molecule has 52 heavy (non-hydrogen) atoms. The van der Waals surface area contributed by atoms with Gasteiger partial charge in [-0.3, -0.25) is 23.6 Å². The quantitative estimate of drug-likeness (QED) is 0.140. The largest absolute Gasteiger partial charge is 0.481 e. The van der Waals surface area contributed by atoms with Crippen LogP contribution in [-0.2, 0) is 45.3 Å². The zero-order valence-electron chi connectivity index (χ0n) is 31.2. The first-order valence-electron chi connectivity index (χ1n) is 18.6. The van der Waals surface area contributed by atoms with Gasteiger partial charge in [0.05, 0.1) is 5.92 Å². The van der Waals surface area contributed by atoms with Gasteiger partial charge in [0.1, 0.15) is 0 Å². The predicted octanol–water partition coefficient (Wildman–Crippen LogP) is 8.21. The van der Waals surface area contributed by atoms with Crippen molar-refractivity contribution in [2.45, 2.75) is 77.8 Å². The maximum atomic E-state index is 12.7. The second-order valence-electron chi connectivity index (χ2n) is 15.3. The number of Topliss-reactive ketones (excluding diaryl/α,β-unsaturated/α-hetero) is 1. The van der Waals surface area contributed by atoms with Crippen LogP contribution in [0.25, 0.3) is 0 Å². The zero-order valence-corrected chi connectivity index (χ0v) is 32.0. The average Bonchev–Trinajstić information content (AvgIpc) is 3.72. The van der Waals surface area contributed by atoms with Crippen molar-refractivity contribution in [3.63, 3.8) is 0 Å². The molecule has 0 bridgehead atoms. The molecule has 2 fully saturated rings. The number of carboxylic acids is 1. The summed E-state index contributed by atoms with van der Waals surface area (Å²) in [6, 6.07) is 42.6. The van der Waals surface area contributed by atoms with Gasteiger partial charge in [0.15, 0.2) is 5.78 Å². The van der Waals surface area contributed by atoms with Crippen LogP contribution in [-0.4, -0.2) is 60.8 Å². The van der Waals surface area contributed by atoms with Crippen LogP contribution in [0.2, 0.25) is 0 Å². The number of aliphatic carboxylic acids is 1. The lowest BCUT2D eigenvalue weighted by molar-refractivity contribution is -0.142. The van der Waals surface area contributed by atoms with Crippen LogP contribution in [0.15, 0.2) is 121 Å². The van der Waals surface area contributed by atoms with Gasteiger partial charge < -0.3 is 5.11 Å². The van der Waals surface area contributed by atoms with Crippen LogP contribution < -0.4 is 0 Å². The average molecular weight is 721 g/mol. The molecule has 1 N–H and O–H groups in total. The predicted molar refractivity (Wildman–Crippen MR) is 214 cm³/mol. The third kappa shape index (κ3) is 11.7. The maximum Gasteiger partial charge on any atom is 0.306 e. The normalized spacial score (nSPS) is 22.9. The van der Waals surface area contributed by atoms with E-state index in [4.69, 9.17) is 0 Å². The van der Waals surface area contributed by atoms with Gasteiger partial charge in [0, 0.05) is 62.1 Å². The van der Waals surface area contributed by atoms with Crippen molar-refractivity contribution in [1.29, 1.82) is 0 Å². The Morgan fingerprint density at radius 1 is 0.577 bits per heavy atom. The molecule has 276 valence electrons. The molecule has 0 radical (unpaired) electrons. The number of hydrogen-bond donors (Lipinski definition) is 1. The van der Waals surface area contributed by atoms with Crippen molar-refractivity contribution in [2.24, 2.45) is 23.7 Å². The van der Waals surface area contributed by atoms with E-state index in [1.54, 1.807) is 12.5 Å². The smallest absolute Gasteiger partial charge is 0.306 e. The lowest BCUT2D eigenvalue weighted by atomic mass is 9.95. The highest BCUT2D eigenvalue weighted by atomic mass is 32.2. The summed E-state index contributed by atoms with van der Waals surface area (Å²) in [7, 11) is -2.16. The van der Waals surface area contributed by atoms with E-state index in [0.717, 1.165) is 51.9 Å². The lowest BCUT2D eigenvalue weighted by Gasteiger charge is -2.29. The van der Waals surface area contributed by atoms with Crippen molar-refractivity contribution in [3.8, 4) is 0 Å². The van der Waals surface area contributed by atoms with Gasteiger partial charge in [0.25, 0.3) is 0 Å². The first-order chi connectivity index (χ1) is 24.9. The van der Waals surface area contributed by atoms with E-state index < -0.39 is 15.5 Å². The topological polar surface area (TPSA) is 77.9 Å². The van der Waals surface area contributed by atoms with Crippen molar-refractivity contribution >= 4 is 26.6 Å². The Morgan fingerprint density at radius 3 is 1.17 bits per heavy atom. The Kier molecular flexibility index (Phi) is 14.0. The second-order valence-corrected chi connectivity index (χ2v) is 18.2. The standard InChI is InChI=1S/C24H31NO2S.C21H25NO2/c1-19-14-22(15-23(19)24(26)18-28(2,3)27)25(16-20-10-6-4-7-11-20)17-21-12-8-5-9-13-21;1-16-12-19(13-20(16)21(23)24)22(14-17-8-4-2-5-9-17)15-18-10-6-3-7-11-18/h4-13,18-19,22-23H,14-17H2,1-3H3;2-11,16,19-20H,12-15H2,1H3,(H,23,24)/t19-,22+,23+;16-,19+,20+/m11/s1. The number of ketones is 1. The molecule has 6 nitrogen and oxygen atoms in total. The SMILES string of the molecule is C[C@@H]1C[C@H](N(Cc2ccccc2)Cc2ccccc2)C[C@@H]1C(=O)C=S(C)(C)=O.C[C@@H]1C[C@H](N(Cc2ccccc2)Cc2ccccc2)C[C@@H]1C(=O)O. The number of benzene rings is 4. The van der Waals surface area contributed by atoms with E-state index in [1.165, 1.54) is 27.6 Å². The molecule has 2 saturated carbocycles. The fraction of sp³-hybridized carbons (Fsp3) is 0.400. The third-order valence-electron chi connectivity index (χ3n) is 10.7. The molecule has 0 unspecified atom stereocenters. The van der Waals surface area contributed by atoms with Crippen LogP contribution >= 0.6 is 0 Å². The van der Waals surface area contributed by atoms with E-state index in [9.17, 15) is 18.9 Å². The van der Waals surface area contributed by atoms with Gasteiger partial charge in [0.2, 0.25) is 0 Å².